The summed E-state index contributed by atoms with van der Waals surface area (Å²) in [5.74, 6) is 0.919. The highest BCUT2D eigenvalue weighted by molar-refractivity contribution is 7.80. The predicted molar refractivity (Wildman–Crippen MR) is 55.7 cm³/mol. The number of hydrogen-bond acceptors (Lipinski definition) is 2. The molecule has 0 saturated carbocycles. The number of pyridine rings is 1. The number of thiol groups is 1. The molecule has 0 aliphatic rings. The summed E-state index contributed by atoms with van der Waals surface area (Å²) in [5.41, 5.74) is 1.50. The summed E-state index contributed by atoms with van der Waals surface area (Å²) in [5, 5.41) is 0. The largest absolute Gasteiger partial charge is 0.264 e. The van der Waals surface area contributed by atoms with Crippen LogP contribution in [-0.2, 0) is 5.41 Å². The third kappa shape index (κ3) is 2.24. The average Bonchev–Trinajstić information content (AvgIpc) is 2.06. The van der Waals surface area contributed by atoms with Crippen LogP contribution in [0.2, 0.25) is 0 Å². The maximum atomic E-state index is 4.24. The van der Waals surface area contributed by atoms with Crippen LogP contribution in [0.15, 0.2) is 24.5 Å². The van der Waals surface area contributed by atoms with E-state index in [0.29, 0.717) is 0 Å². The zero-order valence-corrected chi connectivity index (χ0v) is 8.51. The molecule has 1 aromatic rings. The zero-order chi connectivity index (χ0) is 9.03. The topological polar surface area (TPSA) is 12.9 Å². The minimum Gasteiger partial charge on any atom is -0.264 e. The number of aromatic nitrogens is 1. The lowest BCUT2D eigenvalue weighted by Gasteiger charge is -2.23. The lowest BCUT2D eigenvalue weighted by atomic mass is 9.83. The van der Waals surface area contributed by atoms with E-state index in [1.165, 1.54) is 5.56 Å². The number of rotatable bonds is 3. The zero-order valence-electron chi connectivity index (χ0n) is 7.62. The van der Waals surface area contributed by atoms with Crippen molar-refractivity contribution in [1.82, 2.24) is 4.98 Å². The lowest BCUT2D eigenvalue weighted by molar-refractivity contribution is 0.509. The van der Waals surface area contributed by atoms with Gasteiger partial charge in [-0.1, -0.05) is 19.9 Å². The van der Waals surface area contributed by atoms with Gasteiger partial charge in [0.05, 0.1) is 0 Å². The molecule has 0 atom stereocenters. The molecule has 0 saturated heterocycles. The van der Waals surface area contributed by atoms with Gasteiger partial charge in [-0.25, -0.2) is 0 Å². The lowest BCUT2D eigenvalue weighted by Crippen LogP contribution is -2.17. The molecule has 12 heavy (non-hydrogen) atoms. The predicted octanol–water partition coefficient (Wildman–Crippen LogP) is 2.68. The third-order valence-corrected chi connectivity index (χ3v) is 2.40. The smallest absolute Gasteiger partial charge is 0.0305 e. The van der Waals surface area contributed by atoms with Crippen molar-refractivity contribution in [1.29, 1.82) is 0 Å². The van der Waals surface area contributed by atoms with Crippen molar-refractivity contribution in [2.45, 2.75) is 25.7 Å². The van der Waals surface area contributed by atoms with E-state index in [1.54, 1.807) is 6.20 Å². The highest BCUT2D eigenvalue weighted by Gasteiger charge is 2.18. The highest BCUT2D eigenvalue weighted by Crippen LogP contribution is 2.26. The Morgan fingerprint density at radius 1 is 1.50 bits per heavy atom. The molecule has 2 heteroatoms. The van der Waals surface area contributed by atoms with E-state index in [2.05, 4.69) is 37.5 Å². The minimum absolute atomic E-state index is 0.204. The molecule has 0 radical (unpaired) electrons. The van der Waals surface area contributed by atoms with Crippen LogP contribution in [0.3, 0.4) is 0 Å². The van der Waals surface area contributed by atoms with E-state index in [1.807, 2.05) is 12.3 Å². The van der Waals surface area contributed by atoms with Crippen LogP contribution in [0.25, 0.3) is 0 Å². The first-order valence-corrected chi connectivity index (χ1v) is 4.81. The van der Waals surface area contributed by atoms with Gasteiger partial charge in [0.25, 0.3) is 0 Å². The monoisotopic (exact) mass is 181 g/mol. The van der Waals surface area contributed by atoms with Crippen molar-refractivity contribution in [3.63, 3.8) is 0 Å². The second-order valence-corrected chi connectivity index (χ2v) is 4.05. The fraction of sp³-hybridized carbons (Fsp3) is 0.500. The van der Waals surface area contributed by atoms with E-state index >= 15 is 0 Å². The maximum Gasteiger partial charge on any atom is 0.0305 e. The maximum absolute atomic E-state index is 4.24. The summed E-state index contributed by atoms with van der Waals surface area (Å²) < 4.78 is 0. The molecule has 0 aliphatic carbocycles. The van der Waals surface area contributed by atoms with Crippen LogP contribution in [0.1, 0.15) is 25.8 Å². The SMILES string of the molecule is CC(C)(CCS)c1cccnc1. The first-order valence-electron chi connectivity index (χ1n) is 4.18. The van der Waals surface area contributed by atoms with E-state index in [9.17, 15) is 0 Å². The molecule has 1 rings (SSSR count). The molecule has 0 aliphatic heterocycles. The Labute approximate surface area is 79.6 Å². The van der Waals surface area contributed by atoms with Crippen LogP contribution in [0, 0.1) is 0 Å². The van der Waals surface area contributed by atoms with Crippen molar-refractivity contribution in [3.8, 4) is 0 Å². The van der Waals surface area contributed by atoms with Gasteiger partial charge in [-0.3, -0.25) is 4.98 Å². The summed E-state index contributed by atoms with van der Waals surface area (Å²) in [7, 11) is 0. The quantitative estimate of drug-likeness (QED) is 0.707. The van der Waals surface area contributed by atoms with Crippen molar-refractivity contribution < 1.29 is 0 Å². The first-order chi connectivity index (χ1) is 5.67. The summed E-state index contributed by atoms with van der Waals surface area (Å²) in [4.78, 5) is 4.11. The van der Waals surface area contributed by atoms with Crippen LogP contribution in [0.5, 0.6) is 0 Å². The normalized spacial score (nSPS) is 11.6. The Hall–Kier alpha value is -0.500. The fourth-order valence-corrected chi connectivity index (χ4v) is 1.75. The summed E-state index contributed by atoms with van der Waals surface area (Å²) in [6.45, 7) is 4.44. The molecule has 0 unspecified atom stereocenters. The van der Waals surface area contributed by atoms with Crippen LogP contribution >= 0.6 is 12.6 Å². The Kier molecular flexibility index (Phi) is 3.15. The molecular formula is C10H15NS. The Morgan fingerprint density at radius 2 is 2.25 bits per heavy atom. The molecule has 1 heterocycles. The van der Waals surface area contributed by atoms with E-state index < -0.39 is 0 Å². The van der Waals surface area contributed by atoms with Gasteiger partial charge in [0, 0.05) is 12.4 Å². The van der Waals surface area contributed by atoms with E-state index in [-0.39, 0.29) is 5.41 Å². The van der Waals surface area contributed by atoms with Gasteiger partial charge in [0.1, 0.15) is 0 Å². The van der Waals surface area contributed by atoms with Gasteiger partial charge < -0.3 is 0 Å². The van der Waals surface area contributed by atoms with Crippen molar-refractivity contribution in [2.75, 3.05) is 5.75 Å². The molecule has 0 bridgehead atoms. The Bertz CT molecular complexity index is 231. The molecule has 1 nitrogen and oxygen atoms in total. The Balaban J connectivity index is 2.82. The average molecular weight is 181 g/mol. The summed E-state index contributed by atoms with van der Waals surface area (Å²) in [6.07, 6.45) is 4.82. The fourth-order valence-electron chi connectivity index (χ4n) is 1.19. The molecule has 0 fully saturated rings. The second kappa shape index (κ2) is 3.94. The van der Waals surface area contributed by atoms with Crippen molar-refractivity contribution in [2.24, 2.45) is 0 Å². The van der Waals surface area contributed by atoms with Gasteiger partial charge in [0.2, 0.25) is 0 Å². The number of hydrogen-bond donors (Lipinski definition) is 1. The molecular weight excluding hydrogens is 166 g/mol. The second-order valence-electron chi connectivity index (χ2n) is 3.60. The standard InChI is InChI=1S/C10H15NS/c1-10(2,5-7-12)9-4-3-6-11-8-9/h3-4,6,8,12H,5,7H2,1-2H3. The van der Waals surface area contributed by atoms with Crippen LogP contribution < -0.4 is 0 Å². The third-order valence-electron chi connectivity index (χ3n) is 2.18. The molecule has 66 valence electrons. The minimum atomic E-state index is 0.204. The first kappa shape index (κ1) is 9.59. The molecule has 0 aromatic carbocycles. The molecule has 0 amide bonds. The van der Waals surface area contributed by atoms with E-state index in [0.717, 1.165) is 12.2 Å². The molecule has 1 aromatic heterocycles. The molecule has 0 spiro atoms. The summed E-state index contributed by atoms with van der Waals surface area (Å²) in [6, 6.07) is 4.10. The van der Waals surface area contributed by atoms with Crippen molar-refractivity contribution >= 4 is 12.6 Å². The molecule has 0 N–H and O–H groups in total. The van der Waals surface area contributed by atoms with Crippen molar-refractivity contribution in [3.05, 3.63) is 30.1 Å². The Morgan fingerprint density at radius 3 is 2.75 bits per heavy atom. The van der Waals surface area contributed by atoms with Crippen LogP contribution in [-0.4, -0.2) is 10.7 Å². The van der Waals surface area contributed by atoms with Gasteiger partial charge in [-0.05, 0) is 29.2 Å². The van der Waals surface area contributed by atoms with Gasteiger partial charge in [0.15, 0.2) is 0 Å². The number of nitrogens with zero attached hydrogens (tertiary/aromatic N) is 1. The van der Waals surface area contributed by atoms with Gasteiger partial charge >= 0.3 is 0 Å². The highest BCUT2D eigenvalue weighted by atomic mass is 32.1. The van der Waals surface area contributed by atoms with Crippen LogP contribution in [0.4, 0.5) is 0 Å². The van der Waals surface area contributed by atoms with Gasteiger partial charge in [-0.15, -0.1) is 0 Å². The van der Waals surface area contributed by atoms with E-state index in [4.69, 9.17) is 0 Å². The summed E-state index contributed by atoms with van der Waals surface area (Å²) >= 11 is 4.24. The van der Waals surface area contributed by atoms with Gasteiger partial charge in [-0.2, -0.15) is 12.6 Å².